The van der Waals surface area contributed by atoms with Gasteiger partial charge in [-0.2, -0.15) is 0 Å². The van der Waals surface area contributed by atoms with Gasteiger partial charge in [0.05, 0.1) is 6.20 Å². The Labute approximate surface area is 40.4 Å². The molecule has 0 bridgehead atoms. The highest BCUT2D eigenvalue weighted by Crippen LogP contribution is 1.73. The summed E-state index contributed by atoms with van der Waals surface area (Å²) < 4.78 is 1.21. The highest BCUT2D eigenvalue weighted by Gasteiger charge is 1.81. The van der Waals surface area contributed by atoms with Crippen molar-refractivity contribution in [1.29, 1.82) is 0 Å². The standard InChI is InChI=1S/C3H4N3O/c7-3-6-2-1-4-5-6/h1-2H,3H2. The van der Waals surface area contributed by atoms with E-state index in [9.17, 15) is 5.11 Å². The van der Waals surface area contributed by atoms with E-state index in [-0.39, 0.29) is 6.73 Å². The first kappa shape index (κ1) is 4.26. The molecule has 0 aliphatic carbocycles. The Bertz CT molecular complexity index is 125. The first-order valence-electron chi connectivity index (χ1n) is 1.85. The van der Waals surface area contributed by atoms with Crippen molar-refractivity contribution in [2.45, 2.75) is 6.73 Å². The molecule has 7 heavy (non-hydrogen) atoms. The molecule has 4 heteroatoms. The lowest BCUT2D eigenvalue weighted by atomic mass is 10.9. The normalized spacial score (nSPS) is 9.29. The minimum atomic E-state index is -0.347. The molecular formula is C3H4N3O. The van der Waals surface area contributed by atoms with Crippen LogP contribution in [0.2, 0.25) is 0 Å². The van der Waals surface area contributed by atoms with Gasteiger partial charge in [-0.1, -0.05) is 5.21 Å². The predicted molar refractivity (Wildman–Crippen MR) is 20.7 cm³/mol. The van der Waals surface area contributed by atoms with E-state index in [1.807, 2.05) is 0 Å². The first-order valence-corrected chi connectivity index (χ1v) is 1.85. The molecule has 0 atom stereocenters. The van der Waals surface area contributed by atoms with Crippen LogP contribution >= 0.6 is 0 Å². The summed E-state index contributed by atoms with van der Waals surface area (Å²) in [7, 11) is 0. The third-order valence-electron chi connectivity index (χ3n) is 0.604. The van der Waals surface area contributed by atoms with Crippen molar-refractivity contribution in [3.8, 4) is 0 Å². The molecular weight excluding hydrogens is 94.1 g/mol. The van der Waals surface area contributed by atoms with Gasteiger partial charge in [-0.05, 0) is 0 Å². The molecule has 1 aromatic heterocycles. The Morgan fingerprint density at radius 1 is 1.71 bits per heavy atom. The zero-order chi connectivity index (χ0) is 5.11. The third kappa shape index (κ3) is 0.747. The van der Waals surface area contributed by atoms with Crippen LogP contribution in [-0.2, 0) is 11.8 Å². The lowest BCUT2D eigenvalue weighted by Gasteiger charge is -1.82. The molecule has 0 unspecified atom stereocenters. The van der Waals surface area contributed by atoms with E-state index in [1.165, 1.54) is 17.1 Å². The Morgan fingerprint density at radius 2 is 2.57 bits per heavy atom. The van der Waals surface area contributed by atoms with Crippen molar-refractivity contribution in [2.24, 2.45) is 0 Å². The van der Waals surface area contributed by atoms with E-state index in [0.717, 1.165) is 0 Å². The predicted octanol–water partition coefficient (Wildman–Crippen LogP) is -0.334. The second-order valence-electron chi connectivity index (χ2n) is 1.07. The molecule has 0 saturated heterocycles. The first-order chi connectivity index (χ1) is 3.43. The third-order valence-corrected chi connectivity index (χ3v) is 0.604. The Balaban J connectivity index is 2.76. The molecule has 0 amide bonds. The molecule has 0 aliphatic heterocycles. The van der Waals surface area contributed by atoms with Crippen molar-refractivity contribution in [3.05, 3.63) is 12.4 Å². The summed E-state index contributed by atoms with van der Waals surface area (Å²) in [6.45, 7) is -0.347. The van der Waals surface area contributed by atoms with Crippen LogP contribution in [0.1, 0.15) is 0 Å². The fourth-order valence-corrected chi connectivity index (χ4v) is 0.302. The summed E-state index contributed by atoms with van der Waals surface area (Å²) in [4.78, 5) is 0. The highest BCUT2D eigenvalue weighted by molar-refractivity contribution is 4.60. The second kappa shape index (κ2) is 1.70. The average Bonchev–Trinajstić information content (AvgIpc) is 2.14. The molecule has 0 fully saturated rings. The van der Waals surface area contributed by atoms with Gasteiger partial charge in [-0.3, -0.25) is 0 Å². The maximum Gasteiger partial charge on any atom is 0.175 e. The van der Waals surface area contributed by atoms with Crippen LogP contribution in [0.25, 0.3) is 0 Å². The number of hydrogen-bond acceptors (Lipinski definition) is 2. The van der Waals surface area contributed by atoms with Gasteiger partial charge in [0.1, 0.15) is 0 Å². The maximum atomic E-state index is 9.85. The summed E-state index contributed by atoms with van der Waals surface area (Å²) in [5.41, 5.74) is 0. The summed E-state index contributed by atoms with van der Waals surface area (Å²) in [6, 6.07) is 0. The van der Waals surface area contributed by atoms with E-state index in [0.29, 0.717) is 0 Å². The Kier molecular flexibility index (Phi) is 1.04. The minimum Gasteiger partial charge on any atom is -0.223 e. The lowest BCUT2D eigenvalue weighted by Crippen LogP contribution is -1.94. The molecule has 1 radical (unpaired) electrons. The number of aromatic nitrogens is 3. The summed E-state index contributed by atoms with van der Waals surface area (Å²) >= 11 is 0. The second-order valence-corrected chi connectivity index (χ2v) is 1.07. The zero-order valence-electron chi connectivity index (χ0n) is 3.61. The van der Waals surface area contributed by atoms with Crippen LogP contribution in [0.4, 0.5) is 0 Å². The van der Waals surface area contributed by atoms with Crippen LogP contribution < -0.4 is 0 Å². The molecule has 37 valence electrons. The molecule has 1 rings (SSSR count). The molecule has 0 saturated carbocycles. The van der Waals surface area contributed by atoms with E-state index < -0.39 is 0 Å². The van der Waals surface area contributed by atoms with Crippen LogP contribution in [0.5, 0.6) is 0 Å². The average molecular weight is 98.1 g/mol. The summed E-state index contributed by atoms with van der Waals surface area (Å²) in [5, 5.41) is 16.6. The summed E-state index contributed by atoms with van der Waals surface area (Å²) in [6.07, 6.45) is 2.99. The molecule has 0 aromatic carbocycles. The van der Waals surface area contributed by atoms with Crippen molar-refractivity contribution >= 4 is 0 Å². The van der Waals surface area contributed by atoms with E-state index in [1.54, 1.807) is 0 Å². The largest absolute Gasteiger partial charge is 0.223 e. The monoisotopic (exact) mass is 98.0 g/mol. The summed E-state index contributed by atoms with van der Waals surface area (Å²) in [5.74, 6) is 0. The molecule has 0 N–H and O–H groups in total. The zero-order valence-corrected chi connectivity index (χ0v) is 3.61. The fourth-order valence-electron chi connectivity index (χ4n) is 0.302. The molecule has 0 aliphatic rings. The van der Waals surface area contributed by atoms with Crippen LogP contribution in [0, 0.1) is 0 Å². The smallest absolute Gasteiger partial charge is 0.175 e. The fraction of sp³-hybridized carbons (Fsp3) is 0.333. The van der Waals surface area contributed by atoms with Gasteiger partial charge in [-0.15, -0.1) is 5.10 Å². The molecule has 4 nitrogen and oxygen atoms in total. The van der Waals surface area contributed by atoms with Crippen LogP contribution in [-0.4, -0.2) is 15.0 Å². The van der Waals surface area contributed by atoms with E-state index >= 15 is 0 Å². The lowest BCUT2D eigenvalue weighted by molar-refractivity contribution is 0.106. The minimum absolute atomic E-state index is 0.347. The number of rotatable bonds is 1. The SMILES string of the molecule is [O]Cn1ccnn1. The topological polar surface area (TPSA) is 50.6 Å². The number of nitrogens with zero attached hydrogens (tertiary/aromatic N) is 3. The van der Waals surface area contributed by atoms with Gasteiger partial charge in [0.15, 0.2) is 6.73 Å². The van der Waals surface area contributed by atoms with Gasteiger partial charge in [0.2, 0.25) is 0 Å². The van der Waals surface area contributed by atoms with Crippen LogP contribution in [0.15, 0.2) is 12.4 Å². The van der Waals surface area contributed by atoms with Crippen molar-refractivity contribution in [1.82, 2.24) is 15.0 Å². The van der Waals surface area contributed by atoms with E-state index in [2.05, 4.69) is 10.3 Å². The maximum absolute atomic E-state index is 9.85. The van der Waals surface area contributed by atoms with Gasteiger partial charge in [0.25, 0.3) is 0 Å². The van der Waals surface area contributed by atoms with Gasteiger partial charge in [-0.25, -0.2) is 9.79 Å². The van der Waals surface area contributed by atoms with E-state index in [4.69, 9.17) is 0 Å². The Morgan fingerprint density at radius 3 is 2.86 bits per heavy atom. The molecule has 1 aromatic rings. The van der Waals surface area contributed by atoms with Crippen molar-refractivity contribution < 1.29 is 5.11 Å². The van der Waals surface area contributed by atoms with Gasteiger partial charge in [0, 0.05) is 6.20 Å². The quantitative estimate of drug-likeness (QED) is 0.482. The highest BCUT2D eigenvalue weighted by atomic mass is 16.3. The van der Waals surface area contributed by atoms with Crippen LogP contribution in [0.3, 0.4) is 0 Å². The van der Waals surface area contributed by atoms with Crippen molar-refractivity contribution in [2.75, 3.05) is 0 Å². The van der Waals surface area contributed by atoms with Gasteiger partial charge >= 0.3 is 0 Å². The molecule has 1 heterocycles. The van der Waals surface area contributed by atoms with Crippen molar-refractivity contribution in [3.63, 3.8) is 0 Å². The van der Waals surface area contributed by atoms with Gasteiger partial charge < -0.3 is 0 Å². The molecule has 0 spiro atoms. The Hall–Kier alpha value is -0.900. The number of hydrogen-bond donors (Lipinski definition) is 0.